The first-order chi connectivity index (χ1) is 16.8. The van der Waals surface area contributed by atoms with Gasteiger partial charge in [0, 0.05) is 36.0 Å². The molecule has 0 N–H and O–H groups in total. The van der Waals surface area contributed by atoms with Crippen molar-refractivity contribution in [1.82, 2.24) is 24.6 Å². The lowest BCUT2D eigenvalue weighted by Gasteiger charge is -2.45. The number of aryl methyl sites for hydroxylation is 2. The van der Waals surface area contributed by atoms with Gasteiger partial charge in [-0.1, -0.05) is 0 Å². The van der Waals surface area contributed by atoms with Gasteiger partial charge in [0.2, 0.25) is 0 Å². The van der Waals surface area contributed by atoms with Crippen LogP contribution in [-0.4, -0.2) is 36.6 Å². The average Bonchev–Trinajstić information content (AvgIpc) is 3.16. The van der Waals surface area contributed by atoms with Gasteiger partial charge in [0.1, 0.15) is 0 Å². The number of amides is 1. The topological polar surface area (TPSA) is 63.9 Å². The second-order valence-electron chi connectivity index (χ2n) is 9.32. The zero-order valence-electron chi connectivity index (χ0n) is 19.2. The van der Waals surface area contributed by atoms with Gasteiger partial charge < -0.3 is 4.90 Å². The summed E-state index contributed by atoms with van der Waals surface area (Å²) in [7, 11) is 1.70. The maximum Gasteiger partial charge on any atom is 0.254 e. The quantitative estimate of drug-likeness (QED) is 0.379. The minimum absolute atomic E-state index is 0.0772. The number of fused-ring (bicyclic) bond motifs is 5. The Labute approximate surface area is 199 Å². The Hall–Kier alpha value is -3.75. The second-order valence-corrected chi connectivity index (χ2v) is 9.32. The summed E-state index contributed by atoms with van der Waals surface area (Å²) >= 11 is 0. The molecule has 4 heterocycles. The van der Waals surface area contributed by atoms with Gasteiger partial charge in [0.15, 0.2) is 17.5 Å². The molecule has 1 fully saturated rings. The van der Waals surface area contributed by atoms with E-state index in [9.17, 15) is 18.0 Å². The number of hydrogen-bond donors (Lipinski definition) is 0. The molecular formula is C26H22F3N5O. The molecule has 35 heavy (non-hydrogen) atoms. The highest BCUT2D eigenvalue weighted by molar-refractivity contribution is 5.98. The van der Waals surface area contributed by atoms with E-state index >= 15 is 0 Å². The number of hydrogen-bond acceptors (Lipinski definition) is 4. The van der Waals surface area contributed by atoms with Crippen LogP contribution in [0.5, 0.6) is 0 Å². The van der Waals surface area contributed by atoms with Crippen molar-refractivity contribution in [2.75, 3.05) is 0 Å². The van der Waals surface area contributed by atoms with Crippen molar-refractivity contribution >= 4 is 16.9 Å². The van der Waals surface area contributed by atoms with E-state index in [2.05, 4.69) is 15.1 Å². The van der Waals surface area contributed by atoms with Crippen LogP contribution in [0.4, 0.5) is 13.2 Å². The molecule has 1 amide bonds. The van der Waals surface area contributed by atoms with E-state index in [-0.39, 0.29) is 23.6 Å². The molecule has 4 aromatic rings. The van der Waals surface area contributed by atoms with Gasteiger partial charge in [0.25, 0.3) is 5.91 Å². The summed E-state index contributed by atoms with van der Waals surface area (Å²) in [5.41, 5.74) is 5.11. The third-order valence-electron chi connectivity index (χ3n) is 7.08. The van der Waals surface area contributed by atoms with E-state index in [4.69, 9.17) is 0 Å². The molecule has 0 radical (unpaired) electrons. The van der Waals surface area contributed by atoms with Crippen LogP contribution in [0.3, 0.4) is 0 Å². The van der Waals surface area contributed by atoms with Gasteiger partial charge in [0.05, 0.1) is 34.2 Å². The van der Waals surface area contributed by atoms with Crippen LogP contribution in [0.2, 0.25) is 0 Å². The van der Waals surface area contributed by atoms with Crippen LogP contribution in [0.25, 0.3) is 22.3 Å². The van der Waals surface area contributed by atoms with E-state index in [1.165, 1.54) is 0 Å². The first-order valence-electron chi connectivity index (χ1n) is 11.6. The highest BCUT2D eigenvalue weighted by Gasteiger charge is 2.43. The Bertz CT molecular complexity index is 1490. The Balaban J connectivity index is 1.41. The molecule has 0 saturated carbocycles. The normalized spacial score (nSPS) is 19.2. The smallest absolute Gasteiger partial charge is 0.254 e. The number of rotatable bonds is 2. The number of piperidine rings is 1. The lowest BCUT2D eigenvalue weighted by atomic mass is 9.81. The molecule has 2 atom stereocenters. The van der Waals surface area contributed by atoms with Gasteiger partial charge in [-0.3, -0.25) is 14.5 Å². The summed E-state index contributed by atoms with van der Waals surface area (Å²) in [6.07, 6.45) is 4.69. The second kappa shape index (κ2) is 7.90. The van der Waals surface area contributed by atoms with E-state index in [1.807, 2.05) is 17.9 Å². The van der Waals surface area contributed by atoms with E-state index in [1.54, 1.807) is 30.1 Å². The highest BCUT2D eigenvalue weighted by Crippen LogP contribution is 2.45. The van der Waals surface area contributed by atoms with Crippen LogP contribution < -0.4 is 0 Å². The Morgan fingerprint density at radius 2 is 1.83 bits per heavy atom. The fourth-order valence-electron chi connectivity index (χ4n) is 5.59. The number of halogens is 3. The molecule has 2 aliphatic heterocycles. The number of aromatic nitrogens is 4. The largest absolute Gasteiger partial charge is 0.327 e. The third-order valence-corrected chi connectivity index (χ3v) is 7.08. The molecule has 178 valence electrons. The summed E-state index contributed by atoms with van der Waals surface area (Å²) in [5, 5.41) is 4.68. The van der Waals surface area contributed by atoms with Crippen LogP contribution in [0.1, 0.15) is 52.6 Å². The molecular weight excluding hydrogens is 455 g/mol. The first kappa shape index (κ1) is 21.8. The Morgan fingerprint density at radius 3 is 2.60 bits per heavy atom. The van der Waals surface area contributed by atoms with Gasteiger partial charge in [-0.05, 0) is 62.9 Å². The number of nitrogens with zero attached hydrogens (tertiary/aromatic N) is 5. The monoisotopic (exact) mass is 477 g/mol. The van der Waals surface area contributed by atoms with Crippen molar-refractivity contribution in [2.24, 2.45) is 7.05 Å². The maximum atomic E-state index is 14.0. The molecule has 9 heteroatoms. The first-order valence-corrected chi connectivity index (χ1v) is 11.6. The SMILES string of the molecule is Cc1cnc2cc(C(=O)N3[C@@H]4CCC[C@@H]3c3nn(C)c(-c5cc(F)c(F)c(F)c5)c3C4)ccc2n1. The van der Waals surface area contributed by atoms with Crippen LogP contribution in [0, 0.1) is 24.4 Å². The summed E-state index contributed by atoms with van der Waals surface area (Å²) < 4.78 is 43.2. The minimum Gasteiger partial charge on any atom is -0.327 e. The zero-order chi connectivity index (χ0) is 24.4. The summed E-state index contributed by atoms with van der Waals surface area (Å²) in [5.74, 6) is -4.07. The van der Waals surface area contributed by atoms with Gasteiger partial charge in [-0.25, -0.2) is 18.2 Å². The zero-order valence-corrected chi connectivity index (χ0v) is 19.2. The molecule has 0 aliphatic carbocycles. The lowest BCUT2D eigenvalue weighted by molar-refractivity contribution is 0.0392. The van der Waals surface area contributed by atoms with Crippen molar-refractivity contribution in [3.05, 3.63) is 76.5 Å². The van der Waals surface area contributed by atoms with Gasteiger partial charge in [-0.2, -0.15) is 5.10 Å². The highest BCUT2D eigenvalue weighted by atomic mass is 19.2. The van der Waals surface area contributed by atoms with Crippen molar-refractivity contribution in [3.8, 4) is 11.3 Å². The van der Waals surface area contributed by atoms with E-state index in [0.717, 1.165) is 53.9 Å². The Kier molecular flexibility index (Phi) is 4.91. The predicted octanol–water partition coefficient (Wildman–Crippen LogP) is 5.05. The Morgan fingerprint density at radius 1 is 1.06 bits per heavy atom. The van der Waals surface area contributed by atoms with E-state index < -0.39 is 17.5 Å². The molecule has 2 aromatic heterocycles. The molecule has 6 rings (SSSR count). The van der Waals surface area contributed by atoms with Crippen molar-refractivity contribution in [1.29, 1.82) is 0 Å². The van der Waals surface area contributed by atoms with Crippen molar-refractivity contribution in [2.45, 2.75) is 44.7 Å². The van der Waals surface area contributed by atoms with Crippen LogP contribution >= 0.6 is 0 Å². The lowest BCUT2D eigenvalue weighted by Crippen LogP contribution is -2.49. The minimum atomic E-state index is -1.49. The summed E-state index contributed by atoms with van der Waals surface area (Å²) in [6.45, 7) is 1.87. The van der Waals surface area contributed by atoms with Crippen LogP contribution in [-0.2, 0) is 13.5 Å². The molecule has 0 unspecified atom stereocenters. The number of carbonyl (C=O) groups is 1. The van der Waals surface area contributed by atoms with Gasteiger partial charge >= 0.3 is 0 Å². The summed E-state index contributed by atoms with van der Waals surface area (Å²) in [4.78, 5) is 24.5. The number of carbonyl (C=O) groups excluding carboxylic acids is 1. The van der Waals surface area contributed by atoms with Gasteiger partial charge in [-0.15, -0.1) is 0 Å². The van der Waals surface area contributed by atoms with Crippen LogP contribution in [0.15, 0.2) is 36.5 Å². The summed E-state index contributed by atoms with van der Waals surface area (Å²) in [6, 6.07) is 7.03. The third kappa shape index (κ3) is 3.40. The molecule has 1 saturated heterocycles. The molecule has 6 nitrogen and oxygen atoms in total. The number of benzene rings is 2. The standard InChI is InChI=1S/C26H22F3N5O/c1-13-12-30-21-10-14(6-7-20(21)31-13)26(35)34-16-4-3-5-22(34)24-17(11-16)25(33(2)32-24)15-8-18(27)23(29)19(28)9-15/h6-10,12,16,22H,3-5,11H2,1-2H3/t16-,22-/m1/s1. The maximum absolute atomic E-state index is 14.0. The molecule has 2 bridgehead atoms. The molecule has 2 aliphatic rings. The molecule has 2 aromatic carbocycles. The van der Waals surface area contributed by atoms with Crippen molar-refractivity contribution < 1.29 is 18.0 Å². The van der Waals surface area contributed by atoms with E-state index in [0.29, 0.717) is 23.2 Å². The van der Waals surface area contributed by atoms with Crippen molar-refractivity contribution in [3.63, 3.8) is 0 Å². The fourth-order valence-corrected chi connectivity index (χ4v) is 5.59. The predicted molar refractivity (Wildman–Crippen MR) is 123 cm³/mol. The average molecular weight is 477 g/mol. The molecule has 0 spiro atoms. The fraction of sp³-hybridized carbons (Fsp3) is 0.308.